The van der Waals surface area contributed by atoms with Crippen LogP contribution in [0.1, 0.15) is 18.5 Å². The predicted octanol–water partition coefficient (Wildman–Crippen LogP) is 1.56. The zero-order valence-corrected chi connectivity index (χ0v) is 11.4. The minimum atomic E-state index is 0.235. The summed E-state index contributed by atoms with van der Waals surface area (Å²) in [6.07, 6.45) is 5.69. The highest BCUT2D eigenvalue weighted by Crippen LogP contribution is 2.23. The third kappa shape index (κ3) is 2.80. The Morgan fingerprint density at radius 2 is 2.21 bits per heavy atom. The molecule has 5 nitrogen and oxygen atoms in total. The summed E-state index contributed by atoms with van der Waals surface area (Å²) < 4.78 is 0. The molecule has 1 aliphatic heterocycles. The van der Waals surface area contributed by atoms with Crippen molar-refractivity contribution in [3.63, 3.8) is 0 Å². The number of aliphatic hydroxyl groups excluding tert-OH is 1. The molecule has 2 aromatic heterocycles. The smallest absolute Gasteiger partial charge is 0.188 e. The van der Waals surface area contributed by atoms with E-state index in [0.29, 0.717) is 5.82 Å². The minimum Gasteiger partial charge on any atom is -0.395 e. The van der Waals surface area contributed by atoms with Crippen molar-refractivity contribution in [2.75, 3.05) is 13.2 Å². The summed E-state index contributed by atoms with van der Waals surface area (Å²) in [4.78, 5) is 15.3. The van der Waals surface area contributed by atoms with Crippen LogP contribution in [0, 0.1) is 0 Å². The van der Waals surface area contributed by atoms with Crippen molar-refractivity contribution in [2.45, 2.75) is 25.4 Å². The van der Waals surface area contributed by atoms with E-state index < -0.39 is 0 Å². The van der Waals surface area contributed by atoms with Crippen molar-refractivity contribution in [3.8, 4) is 10.8 Å². The molecule has 0 aliphatic carbocycles. The lowest BCUT2D eigenvalue weighted by atomic mass is 10.2. The average molecular weight is 276 g/mol. The van der Waals surface area contributed by atoms with Crippen LogP contribution in [0.3, 0.4) is 0 Å². The van der Waals surface area contributed by atoms with Crippen LogP contribution in [-0.4, -0.2) is 44.2 Å². The van der Waals surface area contributed by atoms with Gasteiger partial charge in [-0.05, 0) is 25.5 Å². The highest BCUT2D eigenvalue weighted by Gasteiger charge is 2.24. The normalized spacial score (nSPS) is 19.9. The molecule has 0 radical (unpaired) electrons. The average Bonchev–Trinajstić information content (AvgIpc) is 3.09. The van der Waals surface area contributed by atoms with E-state index in [0.717, 1.165) is 36.6 Å². The summed E-state index contributed by atoms with van der Waals surface area (Å²) in [5.41, 5.74) is 1.04. The van der Waals surface area contributed by atoms with Gasteiger partial charge in [-0.25, -0.2) is 15.0 Å². The van der Waals surface area contributed by atoms with E-state index in [2.05, 4.69) is 25.2 Å². The van der Waals surface area contributed by atoms with Gasteiger partial charge < -0.3 is 5.11 Å². The monoisotopic (exact) mass is 276 g/mol. The Kier molecular flexibility index (Phi) is 3.82. The Morgan fingerprint density at radius 1 is 1.37 bits per heavy atom. The molecule has 1 N–H and O–H groups in total. The minimum absolute atomic E-state index is 0.235. The zero-order valence-electron chi connectivity index (χ0n) is 10.6. The van der Waals surface area contributed by atoms with Crippen molar-refractivity contribution in [1.82, 2.24) is 19.9 Å². The van der Waals surface area contributed by atoms with Gasteiger partial charge in [0.2, 0.25) is 0 Å². The Bertz CT molecular complexity index is 530. The standard InChI is InChI=1S/C13H16N4OS/c18-8-11-3-1-6-17(11)7-10-9-19-13(16-10)12-14-4-2-5-15-12/h2,4-5,9,11,18H,1,3,6-8H2/t11-/m1/s1. The fourth-order valence-electron chi connectivity index (χ4n) is 2.41. The highest BCUT2D eigenvalue weighted by atomic mass is 32.1. The van der Waals surface area contributed by atoms with Gasteiger partial charge in [0.15, 0.2) is 10.8 Å². The topological polar surface area (TPSA) is 62.1 Å². The van der Waals surface area contributed by atoms with E-state index in [1.807, 2.05) is 0 Å². The van der Waals surface area contributed by atoms with E-state index in [-0.39, 0.29) is 12.6 Å². The van der Waals surface area contributed by atoms with Crippen molar-refractivity contribution < 1.29 is 5.11 Å². The first-order valence-corrected chi connectivity index (χ1v) is 7.31. The van der Waals surface area contributed by atoms with Crippen LogP contribution in [-0.2, 0) is 6.54 Å². The summed E-state index contributed by atoms with van der Waals surface area (Å²) in [5, 5.41) is 12.2. The number of hydrogen-bond acceptors (Lipinski definition) is 6. The fourth-order valence-corrected chi connectivity index (χ4v) is 3.17. The molecule has 19 heavy (non-hydrogen) atoms. The van der Waals surface area contributed by atoms with Crippen molar-refractivity contribution in [1.29, 1.82) is 0 Å². The highest BCUT2D eigenvalue weighted by molar-refractivity contribution is 7.13. The van der Waals surface area contributed by atoms with Crippen LogP contribution in [0.25, 0.3) is 10.8 Å². The maximum Gasteiger partial charge on any atom is 0.188 e. The Labute approximate surface area is 116 Å². The molecular weight excluding hydrogens is 260 g/mol. The van der Waals surface area contributed by atoms with Crippen LogP contribution >= 0.6 is 11.3 Å². The van der Waals surface area contributed by atoms with Crippen LogP contribution in [0.15, 0.2) is 23.8 Å². The van der Waals surface area contributed by atoms with E-state index in [4.69, 9.17) is 0 Å². The molecule has 100 valence electrons. The van der Waals surface area contributed by atoms with E-state index in [9.17, 15) is 5.11 Å². The number of rotatable bonds is 4. The summed E-state index contributed by atoms with van der Waals surface area (Å²) >= 11 is 1.57. The van der Waals surface area contributed by atoms with Crippen LogP contribution in [0.2, 0.25) is 0 Å². The lowest BCUT2D eigenvalue weighted by molar-refractivity contribution is 0.152. The second kappa shape index (κ2) is 5.73. The first kappa shape index (κ1) is 12.7. The zero-order chi connectivity index (χ0) is 13.1. The SMILES string of the molecule is OC[C@H]1CCCN1Cc1csc(-c2ncccn2)n1. The van der Waals surface area contributed by atoms with Gasteiger partial charge in [0, 0.05) is 30.4 Å². The molecule has 0 aromatic carbocycles. The lowest BCUT2D eigenvalue weighted by Crippen LogP contribution is -2.31. The number of thiazole rings is 1. The molecule has 0 bridgehead atoms. The van der Waals surface area contributed by atoms with Crippen LogP contribution in [0.5, 0.6) is 0 Å². The largest absolute Gasteiger partial charge is 0.395 e. The first-order chi connectivity index (χ1) is 9.36. The first-order valence-electron chi connectivity index (χ1n) is 6.43. The molecule has 6 heteroatoms. The molecule has 0 spiro atoms. The maximum atomic E-state index is 9.32. The molecule has 3 heterocycles. The summed E-state index contributed by atoms with van der Waals surface area (Å²) in [5.74, 6) is 0.680. The van der Waals surface area contributed by atoms with Gasteiger partial charge in [0.1, 0.15) is 0 Å². The molecule has 1 aliphatic rings. The number of nitrogens with zero attached hydrogens (tertiary/aromatic N) is 4. The molecule has 1 saturated heterocycles. The molecule has 0 unspecified atom stereocenters. The molecule has 1 fully saturated rings. The van der Waals surface area contributed by atoms with Gasteiger partial charge in [-0.2, -0.15) is 0 Å². The van der Waals surface area contributed by atoms with Gasteiger partial charge >= 0.3 is 0 Å². The lowest BCUT2D eigenvalue weighted by Gasteiger charge is -2.21. The Hall–Kier alpha value is -1.37. The van der Waals surface area contributed by atoms with Crippen LogP contribution in [0.4, 0.5) is 0 Å². The summed E-state index contributed by atoms with van der Waals surface area (Å²) in [7, 11) is 0. The second-order valence-electron chi connectivity index (χ2n) is 4.67. The number of hydrogen-bond donors (Lipinski definition) is 1. The third-order valence-electron chi connectivity index (χ3n) is 3.38. The van der Waals surface area contributed by atoms with E-state index in [1.54, 1.807) is 29.8 Å². The molecule has 0 amide bonds. The van der Waals surface area contributed by atoms with Gasteiger partial charge in [-0.3, -0.25) is 4.90 Å². The molecule has 3 rings (SSSR count). The second-order valence-corrected chi connectivity index (χ2v) is 5.52. The van der Waals surface area contributed by atoms with Gasteiger partial charge in [-0.1, -0.05) is 0 Å². The van der Waals surface area contributed by atoms with Crippen molar-refractivity contribution >= 4 is 11.3 Å². The fraction of sp³-hybridized carbons (Fsp3) is 0.462. The Balaban J connectivity index is 1.72. The Morgan fingerprint density at radius 3 is 3.00 bits per heavy atom. The van der Waals surface area contributed by atoms with E-state index in [1.165, 1.54) is 0 Å². The maximum absolute atomic E-state index is 9.32. The summed E-state index contributed by atoms with van der Waals surface area (Å²) in [6, 6.07) is 2.09. The van der Waals surface area contributed by atoms with Gasteiger partial charge in [-0.15, -0.1) is 11.3 Å². The van der Waals surface area contributed by atoms with Gasteiger partial charge in [0.25, 0.3) is 0 Å². The quantitative estimate of drug-likeness (QED) is 0.918. The molecule has 0 saturated carbocycles. The molecule has 1 atom stereocenters. The molecule has 2 aromatic rings. The van der Waals surface area contributed by atoms with Crippen LogP contribution < -0.4 is 0 Å². The number of aliphatic hydroxyl groups is 1. The van der Waals surface area contributed by atoms with Crippen molar-refractivity contribution in [2.24, 2.45) is 0 Å². The number of likely N-dealkylation sites (tertiary alicyclic amines) is 1. The van der Waals surface area contributed by atoms with E-state index >= 15 is 0 Å². The third-order valence-corrected chi connectivity index (χ3v) is 4.27. The number of aromatic nitrogens is 3. The predicted molar refractivity (Wildman–Crippen MR) is 73.7 cm³/mol. The summed E-state index contributed by atoms with van der Waals surface area (Å²) in [6.45, 7) is 2.08. The van der Waals surface area contributed by atoms with Crippen molar-refractivity contribution in [3.05, 3.63) is 29.5 Å². The molecular formula is C13H16N4OS. The van der Waals surface area contributed by atoms with Gasteiger partial charge in [0.05, 0.1) is 12.3 Å².